The normalized spacial score (nSPS) is 19.1. The molecule has 2 aliphatic rings. The topological polar surface area (TPSA) is 108 Å². The highest BCUT2D eigenvalue weighted by Gasteiger charge is 2.29. The number of nitrogens with one attached hydrogen (secondary N) is 2. The van der Waals surface area contributed by atoms with Crippen molar-refractivity contribution in [2.45, 2.75) is 18.2 Å². The number of sulfonamides is 1. The molecule has 1 aromatic carbocycles. The van der Waals surface area contributed by atoms with E-state index in [1.165, 1.54) is 16.4 Å². The maximum Gasteiger partial charge on any atom is 0.337 e. The van der Waals surface area contributed by atoms with E-state index in [1.807, 2.05) is 4.90 Å². The Balaban J connectivity index is 1.70. The fourth-order valence-corrected chi connectivity index (χ4v) is 4.88. The van der Waals surface area contributed by atoms with Crippen LogP contribution < -0.4 is 10.6 Å². The van der Waals surface area contributed by atoms with Gasteiger partial charge in [0.05, 0.1) is 23.6 Å². The van der Waals surface area contributed by atoms with Gasteiger partial charge in [0.1, 0.15) is 5.82 Å². The summed E-state index contributed by atoms with van der Waals surface area (Å²) < 4.78 is 45.3. The second-order valence-corrected chi connectivity index (χ2v) is 8.91. The van der Waals surface area contributed by atoms with Crippen molar-refractivity contribution in [2.75, 3.05) is 45.9 Å². The van der Waals surface area contributed by atoms with Crippen LogP contribution in [0.25, 0.3) is 0 Å². The fourth-order valence-electron chi connectivity index (χ4n) is 3.41. The quantitative estimate of drug-likeness (QED) is 0.629. The van der Waals surface area contributed by atoms with Gasteiger partial charge in [-0.3, -0.25) is 4.90 Å². The first-order valence-electron chi connectivity index (χ1n) is 9.73. The number of esters is 1. The summed E-state index contributed by atoms with van der Waals surface area (Å²) >= 11 is 0. The molecule has 1 fully saturated rings. The summed E-state index contributed by atoms with van der Waals surface area (Å²) in [7, 11) is -3.72. The molecule has 0 aromatic heterocycles. The van der Waals surface area contributed by atoms with Crippen LogP contribution in [0, 0.1) is 5.82 Å². The molecule has 0 unspecified atom stereocenters. The van der Waals surface area contributed by atoms with Crippen LogP contribution in [-0.2, 0) is 19.6 Å². The highest BCUT2D eigenvalue weighted by molar-refractivity contribution is 7.89. The fraction of sp³-hybridized carbons (Fsp3) is 0.474. The lowest BCUT2D eigenvalue weighted by Gasteiger charge is -2.27. The van der Waals surface area contributed by atoms with Crippen LogP contribution >= 0.6 is 0 Å². The highest BCUT2D eigenvalue weighted by Crippen LogP contribution is 2.19. The summed E-state index contributed by atoms with van der Waals surface area (Å²) in [5.74, 6) is -0.985. The van der Waals surface area contributed by atoms with E-state index < -0.39 is 27.8 Å². The Hall–Kier alpha value is -2.50. The number of nitrogens with zero attached hydrogens (tertiary/aromatic N) is 2. The Morgan fingerprint density at radius 1 is 1.17 bits per heavy atom. The Morgan fingerprint density at radius 2 is 1.90 bits per heavy atom. The number of urea groups is 1. The van der Waals surface area contributed by atoms with Crippen LogP contribution in [0.5, 0.6) is 0 Å². The molecule has 2 amide bonds. The van der Waals surface area contributed by atoms with Crippen molar-refractivity contribution in [3.63, 3.8) is 0 Å². The first-order valence-corrected chi connectivity index (χ1v) is 11.2. The molecule has 0 bridgehead atoms. The van der Waals surface area contributed by atoms with E-state index in [0.717, 1.165) is 12.1 Å². The van der Waals surface area contributed by atoms with Gasteiger partial charge in [0, 0.05) is 31.9 Å². The van der Waals surface area contributed by atoms with Crippen molar-refractivity contribution in [3.8, 4) is 0 Å². The zero-order valence-electron chi connectivity index (χ0n) is 16.7. The van der Waals surface area contributed by atoms with E-state index in [9.17, 15) is 22.4 Å². The summed E-state index contributed by atoms with van der Waals surface area (Å²) in [6, 6.07) is 4.37. The van der Waals surface area contributed by atoms with E-state index >= 15 is 0 Å². The van der Waals surface area contributed by atoms with Gasteiger partial charge < -0.3 is 15.4 Å². The van der Waals surface area contributed by atoms with Crippen molar-refractivity contribution in [2.24, 2.45) is 0 Å². The molecule has 1 aromatic rings. The first-order chi connectivity index (χ1) is 14.3. The van der Waals surface area contributed by atoms with Gasteiger partial charge in [0.2, 0.25) is 10.0 Å². The monoisotopic (exact) mass is 440 g/mol. The lowest BCUT2D eigenvalue weighted by atomic mass is 10.1. The third-order valence-electron chi connectivity index (χ3n) is 4.96. The zero-order chi connectivity index (χ0) is 21.7. The SMILES string of the molecule is CCOC(=O)C1=C(CN2CCCN(S(=O)(=O)c3ccc(F)cc3)CC2)NC(=O)NC1. The van der Waals surface area contributed by atoms with E-state index in [2.05, 4.69) is 10.6 Å². The van der Waals surface area contributed by atoms with Crippen molar-refractivity contribution >= 4 is 22.0 Å². The minimum absolute atomic E-state index is 0.0512. The van der Waals surface area contributed by atoms with Crippen LogP contribution in [-0.4, -0.2) is 75.5 Å². The van der Waals surface area contributed by atoms with E-state index in [1.54, 1.807) is 6.92 Å². The molecule has 164 valence electrons. The van der Waals surface area contributed by atoms with Crippen LogP contribution in [0.4, 0.5) is 9.18 Å². The molecule has 2 heterocycles. The van der Waals surface area contributed by atoms with E-state index in [0.29, 0.717) is 43.9 Å². The van der Waals surface area contributed by atoms with Gasteiger partial charge in [0.25, 0.3) is 0 Å². The third-order valence-corrected chi connectivity index (χ3v) is 6.87. The van der Waals surface area contributed by atoms with Crippen molar-refractivity contribution < 1.29 is 27.1 Å². The second kappa shape index (κ2) is 9.54. The van der Waals surface area contributed by atoms with Crippen molar-refractivity contribution in [3.05, 3.63) is 41.4 Å². The minimum atomic E-state index is -3.72. The largest absolute Gasteiger partial charge is 0.463 e. The average Bonchev–Trinajstić information content (AvgIpc) is 2.95. The van der Waals surface area contributed by atoms with Gasteiger partial charge in [-0.05, 0) is 44.2 Å². The summed E-state index contributed by atoms with van der Waals surface area (Å²) in [4.78, 5) is 26.0. The molecule has 0 radical (unpaired) electrons. The molecule has 3 rings (SSSR count). The van der Waals surface area contributed by atoms with Gasteiger partial charge in [-0.25, -0.2) is 22.4 Å². The Kier molecular flexibility index (Phi) is 7.06. The number of halogens is 1. The molecular formula is C19H25FN4O5S. The molecule has 9 nitrogen and oxygen atoms in total. The number of ether oxygens (including phenoxy) is 1. The number of amides is 2. The maximum atomic E-state index is 13.1. The average molecular weight is 440 g/mol. The summed E-state index contributed by atoms with van der Waals surface area (Å²) in [6.07, 6.45) is 0.578. The molecule has 0 spiro atoms. The highest BCUT2D eigenvalue weighted by atomic mass is 32.2. The Bertz CT molecular complexity index is 933. The summed E-state index contributed by atoms with van der Waals surface area (Å²) in [5.41, 5.74) is 0.823. The minimum Gasteiger partial charge on any atom is -0.463 e. The molecular weight excluding hydrogens is 415 g/mol. The second-order valence-electron chi connectivity index (χ2n) is 6.97. The summed E-state index contributed by atoms with van der Waals surface area (Å²) in [5, 5.41) is 5.22. The zero-order valence-corrected chi connectivity index (χ0v) is 17.5. The molecule has 30 heavy (non-hydrogen) atoms. The van der Waals surface area contributed by atoms with Crippen LogP contribution in [0.15, 0.2) is 40.4 Å². The van der Waals surface area contributed by atoms with Gasteiger partial charge in [0.15, 0.2) is 0 Å². The number of benzene rings is 1. The lowest BCUT2D eigenvalue weighted by molar-refractivity contribution is -0.138. The van der Waals surface area contributed by atoms with Crippen LogP contribution in [0.3, 0.4) is 0 Å². The summed E-state index contributed by atoms with van der Waals surface area (Å²) in [6.45, 7) is 3.90. The van der Waals surface area contributed by atoms with Crippen molar-refractivity contribution in [1.29, 1.82) is 0 Å². The maximum absolute atomic E-state index is 13.1. The Labute approximate surface area is 174 Å². The predicted molar refractivity (Wildman–Crippen MR) is 106 cm³/mol. The number of carbonyl (C=O) groups excluding carboxylic acids is 2. The molecule has 2 N–H and O–H groups in total. The number of hydrogen-bond donors (Lipinski definition) is 2. The smallest absolute Gasteiger partial charge is 0.337 e. The van der Waals surface area contributed by atoms with Gasteiger partial charge >= 0.3 is 12.0 Å². The Morgan fingerprint density at radius 3 is 2.60 bits per heavy atom. The molecule has 1 saturated heterocycles. The predicted octanol–water partition coefficient (Wildman–Crippen LogP) is 0.652. The van der Waals surface area contributed by atoms with E-state index in [4.69, 9.17) is 4.74 Å². The molecule has 0 atom stereocenters. The number of carbonyl (C=O) groups is 2. The van der Waals surface area contributed by atoms with Crippen LogP contribution in [0.2, 0.25) is 0 Å². The van der Waals surface area contributed by atoms with Crippen LogP contribution in [0.1, 0.15) is 13.3 Å². The van der Waals surface area contributed by atoms with Gasteiger partial charge in [-0.1, -0.05) is 0 Å². The van der Waals surface area contributed by atoms with E-state index in [-0.39, 0.29) is 24.6 Å². The van der Waals surface area contributed by atoms with Gasteiger partial charge in [-0.2, -0.15) is 4.31 Å². The number of hydrogen-bond acceptors (Lipinski definition) is 6. The standard InChI is InChI=1S/C19H25FN4O5S/c1-2-29-18(25)16-12-21-19(26)22-17(16)13-23-8-3-9-24(11-10-23)30(27,28)15-6-4-14(20)5-7-15/h4-7H,2-3,8-13H2,1H3,(H2,21,22,26). The number of rotatable bonds is 6. The molecule has 2 aliphatic heterocycles. The molecule has 11 heteroatoms. The lowest BCUT2D eigenvalue weighted by Crippen LogP contribution is -2.47. The molecule has 0 saturated carbocycles. The molecule has 0 aliphatic carbocycles. The van der Waals surface area contributed by atoms with Crippen molar-refractivity contribution in [1.82, 2.24) is 19.8 Å². The first kappa shape index (κ1) is 22.2. The third kappa shape index (κ3) is 5.15. The van der Waals surface area contributed by atoms with Gasteiger partial charge in [-0.15, -0.1) is 0 Å².